The molecule has 3 N–H and O–H groups in total. The number of unbranched alkanes of at least 4 members (excludes halogenated alkanes) is 2. The largest absolute Gasteiger partial charge is 0.492 e. The maximum Gasteiger partial charge on any atom is 0.233 e. The van der Waals surface area contributed by atoms with E-state index >= 15 is 0 Å². The van der Waals surface area contributed by atoms with Crippen LogP contribution in [0.15, 0.2) is 29.2 Å². The number of nitrogens with two attached hydrogens (primary N) is 1. The fraction of sp³-hybridized carbons (Fsp3) is 0.462. The van der Waals surface area contributed by atoms with E-state index in [0.29, 0.717) is 13.0 Å². The number of benzene rings is 1. The molecule has 0 bridgehead atoms. The number of nitrogens with one attached hydrogen (secondary N) is 1. The summed E-state index contributed by atoms with van der Waals surface area (Å²) >= 11 is 1.68. The van der Waals surface area contributed by atoms with Crippen LogP contribution < -0.4 is 16.0 Å². The third kappa shape index (κ3) is 5.42. The quantitative estimate of drug-likeness (QED) is 0.250. The Labute approximate surface area is 112 Å². The number of hydrogen-bond donors (Lipinski definition) is 2. The van der Waals surface area contributed by atoms with E-state index in [1.54, 1.807) is 11.8 Å². The molecule has 0 saturated heterocycles. The number of thioether (sulfide) groups is 1. The van der Waals surface area contributed by atoms with Crippen molar-refractivity contribution in [2.45, 2.75) is 30.6 Å². The Kier molecular flexibility index (Phi) is 7.29. The minimum Gasteiger partial charge on any atom is -0.492 e. The van der Waals surface area contributed by atoms with Gasteiger partial charge in [-0.05, 0) is 37.7 Å². The molecule has 0 aliphatic heterocycles. The smallest absolute Gasteiger partial charge is 0.233 e. The van der Waals surface area contributed by atoms with Gasteiger partial charge in [-0.1, -0.05) is 12.1 Å². The molecular formula is C13H20N2O2S. The second-order valence-electron chi connectivity index (χ2n) is 3.88. The molecule has 1 rings (SSSR count). The van der Waals surface area contributed by atoms with Crippen molar-refractivity contribution in [3.8, 4) is 5.75 Å². The molecule has 0 unspecified atom stereocenters. The maximum atomic E-state index is 10.9. The molecule has 0 saturated carbocycles. The number of para-hydroxylation sites is 1. The Bertz CT molecular complexity index is 372. The molecule has 0 spiro atoms. The van der Waals surface area contributed by atoms with Crippen LogP contribution in [0.2, 0.25) is 0 Å². The molecule has 0 aliphatic carbocycles. The van der Waals surface area contributed by atoms with Crippen LogP contribution in [-0.2, 0) is 4.79 Å². The molecule has 0 heterocycles. The van der Waals surface area contributed by atoms with Gasteiger partial charge in [0.05, 0.1) is 6.61 Å². The molecular weight excluding hydrogens is 248 g/mol. The van der Waals surface area contributed by atoms with Gasteiger partial charge in [-0.15, -0.1) is 11.8 Å². The van der Waals surface area contributed by atoms with E-state index in [1.807, 2.05) is 30.5 Å². The van der Waals surface area contributed by atoms with Gasteiger partial charge < -0.3 is 4.74 Å². The average Bonchev–Trinajstić information content (AvgIpc) is 2.42. The molecule has 18 heavy (non-hydrogen) atoms. The fourth-order valence-corrected chi connectivity index (χ4v) is 2.10. The highest BCUT2D eigenvalue weighted by molar-refractivity contribution is 7.98. The molecule has 100 valence electrons. The first-order valence-electron chi connectivity index (χ1n) is 6.03. The second kappa shape index (κ2) is 8.83. The van der Waals surface area contributed by atoms with Gasteiger partial charge >= 0.3 is 0 Å². The zero-order valence-electron chi connectivity index (χ0n) is 10.6. The number of rotatable bonds is 8. The summed E-state index contributed by atoms with van der Waals surface area (Å²) in [6.45, 7) is 0.682. The number of hydrogen-bond acceptors (Lipinski definition) is 4. The van der Waals surface area contributed by atoms with Gasteiger partial charge in [0.25, 0.3) is 0 Å². The standard InChI is InChI=1S/C13H20N2O2S/c1-18-12-8-5-4-7-11(12)17-10-6-2-3-9-13(16)15-14/h4-5,7-8H,2-3,6,9-10,14H2,1H3,(H,15,16). The predicted octanol–water partition coefficient (Wildman–Crippen LogP) is 2.34. The Balaban J connectivity index is 2.16. The minimum absolute atomic E-state index is 0.108. The van der Waals surface area contributed by atoms with E-state index in [-0.39, 0.29) is 5.91 Å². The zero-order chi connectivity index (χ0) is 13.2. The van der Waals surface area contributed by atoms with Crippen molar-refractivity contribution in [2.75, 3.05) is 12.9 Å². The zero-order valence-corrected chi connectivity index (χ0v) is 11.5. The van der Waals surface area contributed by atoms with Crippen molar-refractivity contribution in [2.24, 2.45) is 5.84 Å². The lowest BCUT2D eigenvalue weighted by molar-refractivity contribution is -0.121. The summed E-state index contributed by atoms with van der Waals surface area (Å²) in [6.07, 6.45) is 5.28. The van der Waals surface area contributed by atoms with Crippen LogP contribution in [0.5, 0.6) is 5.75 Å². The highest BCUT2D eigenvalue weighted by atomic mass is 32.2. The van der Waals surface area contributed by atoms with Crippen molar-refractivity contribution in [1.82, 2.24) is 5.43 Å². The maximum absolute atomic E-state index is 10.9. The van der Waals surface area contributed by atoms with Crippen molar-refractivity contribution >= 4 is 17.7 Å². The van der Waals surface area contributed by atoms with Gasteiger partial charge in [0.2, 0.25) is 5.91 Å². The van der Waals surface area contributed by atoms with E-state index < -0.39 is 0 Å². The number of hydrazine groups is 1. The van der Waals surface area contributed by atoms with Crippen molar-refractivity contribution in [1.29, 1.82) is 0 Å². The molecule has 1 aromatic carbocycles. The van der Waals surface area contributed by atoms with Crippen LogP contribution in [0.25, 0.3) is 0 Å². The second-order valence-corrected chi connectivity index (χ2v) is 4.73. The van der Waals surface area contributed by atoms with Crippen LogP contribution >= 0.6 is 11.8 Å². The summed E-state index contributed by atoms with van der Waals surface area (Å²) in [5.41, 5.74) is 2.12. The molecule has 0 aliphatic rings. The van der Waals surface area contributed by atoms with Crippen LogP contribution in [0, 0.1) is 0 Å². The van der Waals surface area contributed by atoms with Crippen molar-refractivity contribution in [3.63, 3.8) is 0 Å². The van der Waals surface area contributed by atoms with Crippen molar-refractivity contribution in [3.05, 3.63) is 24.3 Å². The number of amides is 1. The number of ether oxygens (including phenoxy) is 1. The summed E-state index contributed by atoms with van der Waals surface area (Å²) in [6, 6.07) is 8.00. The van der Waals surface area contributed by atoms with E-state index in [9.17, 15) is 4.79 Å². The predicted molar refractivity (Wildman–Crippen MR) is 74.5 cm³/mol. The van der Waals surface area contributed by atoms with Crippen LogP contribution in [0.1, 0.15) is 25.7 Å². The first-order chi connectivity index (χ1) is 8.77. The van der Waals surface area contributed by atoms with Gasteiger partial charge in [0.15, 0.2) is 0 Å². The van der Waals surface area contributed by atoms with Gasteiger partial charge in [-0.2, -0.15) is 0 Å². The van der Waals surface area contributed by atoms with Gasteiger partial charge in [0.1, 0.15) is 5.75 Å². The Morgan fingerprint density at radius 3 is 2.83 bits per heavy atom. The minimum atomic E-state index is -0.108. The normalized spacial score (nSPS) is 10.1. The molecule has 1 aromatic rings. The summed E-state index contributed by atoms with van der Waals surface area (Å²) < 4.78 is 5.72. The summed E-state index contributed by atoms with van der Waals surface area (Å²) in [7, 11) is 0. The van der Waals surface area contributed by atoms with E-state index in [1.165, 1.54) is 0 Å². The Morgan fingerprint density at radius 2 is 2.11 bits per heavy atom. The molecule has 0 aromatic heterocycles. The molecule has 0 fully saturated rings. The van der Waals surface area contributed by atoms with Crippen LogP contribution in [0.4, 0.5) is 0 Å². The van der Waals surface area contributed by atoms with Gasteiger partial charge in [-0.25, -0.2) is 5.84 Å². The number of carbonyl (C=O) groups is 1. The Morgan fingerprint density at radius 1 is 1.33 bits per heavy atom. The highest BCUT2D eigenvalue weighted by Gasteiger charge is 2.01. The number of carbonyl (C=O) groups excluding carboxylic acids is 1. The van der Waals surface area contributed by atoms with Gasteiger partial charge in [-0.3, -0.25) is 10.2 Å². The highest BCUT2D eigenvalue weighted by Crippen LogP contribution is 2.26. The van der Waals surface area contributed by atoms with E-state index in [0.717, 1.165) is 29.9 Å². The monoisotopic (exact) mass is 268 g/mol. The summed E-state index contributed by atoms with van der Waals surface area (Å²) in [5.74, 6) is 5.82. The third-order valence-corrected chi connectivity index (χ3v) is 3.31. The molecule has 0 radical (unpaired) electrons. The fourth-order valence-electron chi connectivity index (χ4n) is 1.56. The lowest BCUT2D eigenvalue weighted by Gasteiger charge is -2.09. The van der Waals surface area contributed by atoms with Crippen LogP contribution in [0.3, 0.4) is 0 Å². The lowest BCUT2D eigenvalue weighted by atomic mass is 10.2. The van der Waals surface area contributed by atoms with Gasteiger partial charge in [0, 0.05) is 11.3 Å². The third-order valence-electron chi connectivity index (χ3n) is 2.54. The molecule has 1 amide bonds. The lowest BCUT2D eigenvalue weighted by Crippen LogP contribution is -2.29. The molecule has 0 atom stereocenters. The molecule has 4 nitrogen and oxygen atoms in total. The topological polar surface area (TPSA) is 64.3 Å². The first kappa shape index (κ1) is 14.9. The van der Waals surface area contributed by atoms with Crippen LogP contribution in [-0.4, -0.2) is 18.8 Å². The summed E-state index contributed by atoms with van der Waals surface area (Å²) in [5, 5.41) is 0. The summed E-state index contributed by atoms with van der Waals surface area (Å²) in [4.78, 5) is 12.0. The SMILES string of the molecule is CSc1ccccc1OCCCCCC(=O)NN. The Hall–Kier alpha value is -1.20. The average molecular weight is 268 g/mol. The molecule has 5 heteroatoms. The first-order valence-corrected chi connectivity index (χ1v) is 7.25. The van der Waals surface area contributed by atoms with Crippen molar-refractivity contribution < 1.29 is 9.53 Å². The van der Waals surface area contributed by atoms with E-state index in [2.05, 4.69) is 5.43 Å². The van der Waals surface area contributed by atoms with E-state index in [4.69, 9.17) is 10.6 Å².